The molecule has 324 valence electrons. The Kier molecular flexibility index (Phi) is 8.48. The van der Waals surface area contributed by atoms with Crippen LogP contribution in [0.1, 0.15) is 72.9 Å². The van der Waals surface area contributed by atoms with Gasteiger partial charge in [0.25, 0.3) is 0 Å². The van der Waals surface area contributed by atoms with Crippen LogP contribution in [0.25, 0.3) is 66.4 Å². The monoisotopic (exact) mass is 869 g/mol. The number of fused-ring (bicyclic) bond motifs is 14. The maximum Gasteiger partial charge on any atom is 0.0540 e. The lowest BCUT2D eigenvalue weighted by Gasteiger charge is -2.46. The van der Waals surface area contributed by atoms with Crippen LogP contribution in [0.4, 0.5) is 17.1 Å². The van der Waals surface area contributed by atoms with Gasteiger partial charge in [-0.05, 0) is 156 Å². The van der Waals surface area contributed by atoms with E-state index in [1.54, 1.807) is 0 Å². The molecule has 0 bridgehead atoms. The zero-order valence-electron chi connectivity index (χ0n) is 38.6. The van der Waals surface area contributed by atoms with Crippen molar-refractivity contribution < 1.29 is 0 Å². The topological polar surface area (TPSA) is 3.24 Å². The van der Waals surface area contributed by atoms with Crippen molar-refractivity contribution in [2.45, 2.75) is 55.8 Å². The van der Waals surface area contributed by atoms with Crippen molar-refractivity contribution >= 4 is 27.8 Å². The molecule has 2 spiro atoms. The Labute approximate surface area is 400 Å². The first kappa shape index (κ1) is 39.4. The molecule has 1 fully saturated rings. The number of hydrogen-bond donors (Lipinski definition) is 0. The van der Waals surface area contributed by atoms with E-state index in [0.717, 1.165) is 25.7 Å². The third kappa shape index (κ3) is 5.51. The predicted octanol–water partition coefficient (Wildman–Crippen LogP) is 17.8. The second-order valence-corrected chi connectivity index (χ2v) is 20.4. The van der Waals surface area contributed by atoms with Gasteiger partial charge in [0, 0.05) is 33.2 Å². The number of para-hydroxylation sites is 1. The molecule has 0 amide bonds. The number of nitrogens with zero attached hydrogens (tertiary/aromatic N) is 1. The zero-order valence-corrected chi connectivity index (χ0v) is 38.6. The molecule has 10 aromatic rings. The summed E-state index contributed by atoms with van der Waals surface area (Å²) in [6, 6.07) is 85.2. The van der Waals surface area contributed by atoms with Gasteiger partial charge < -0.3 is 4.90 Å². The Morgan fingerprint density at radius 1 is 0.309 bits per heavy atom. The van der Waals surface area contributed by atoms with E-state index in [-0.39, 0.29) is 16.2 Å². The maximum atomic E-state index is 2.59. The second-order valence-electron chi connectivity index (χ2n) is 20.4. The first-order valence-electron chi connectivity index (χ1n) is 24.6. The molecule has 0 aliphatic heterocycles. The molecule has 1 saturated carbocycles. The van der Waals surface area contributed by atoms with E-state index >= 15 is 0 Å². The molecule has 4 aliphatic rings. The quantitative estimate of drug-likeness (QED) is 0.167. The fraction of sp³-hybridized carbons (Fsp3) is 0.134. The minimum Gasteiger partial charge on any atom is -0.310 e. The van der Waals surface area contributed by atoms with E-state index in [0.29, 0.717) is 0 Å². The van der Waals surface area contributed by atoms with E-state index < -0.39 is 0 Å². The highest BCUT2D eigenvalue weighted by Gasteiger charge is 2.53. The molecule has 0 saturated heterocycles. The first-order chi connectivity index (χ1) is 33.4. The van der Waals surface area contributed by atoms with Crippen molar-refractivity contribution in [3.05, 3.63) is 258 Å². The van der Waals surface area contributed by atoms with Gasteiger partial charge in [0.15, 0.2) is 0 Å². The molecule has 4 aliphatic carbocycles. The molecule has 0 heterocycles. The molecule has 0 aromatic heterocycles. The molecule has 1 nitrogen and oxygen atoms in total. The number of anilines is 3. The van der Waals surface area contributed by atoms with Crippen molar-refractivity contribution in [3.63, 3.8) is 0 Å². The highest BCUT2D eigenvalue weighted by Crippen LogP contribution is 2.64. The maximum absolute atomic E-state index is 2.59. The summed E-state index contributed by atoms with van der Waals surface area (Å²) in [4.78, 5) is 2.56. The smallest absolute Gasteiger partial charge is 0.0540 e. The van der Waals surface area contributed by atoms with Gasteiger partial charge in [-0.15, -0.1) is 0 Å². The standard InChI is InChI=1S/C67H51N/c1-65(2)58-27-12-8-23-52(58)55-35-32-47(42-61(55)65)68(64-30-15-11-22-51(64)45-17-4-3-5-18-45)48-33-36-57-54-25-10-14-29-60(54)67(63(57)43-48)39-37-66(38-40-67)59-28-13-9-24-53(59)56-34-31-46(41-62(56)66)50-26-16-20-44-19-6-7-21-49(44)50/h3-36,41-43H,37-40H2,1-2H3. The van der Waals surface area contributed by atoms with Crippen LogP contribution < -0.4 is 4.90 Å². The summed E-state index contributed by atoms with van der Waals surface area (Å²) in [7, 11) is 0. The highest BCUT2D eigenvalue weighted by molar-refractivity contribution is 5.98. The van der Waals surface area contributed by atoms with Crippen molar-refractivity contribution in [3.8, 4) is 55.6 Å². The van der Waals surface area contributed by atoms with Crippen LogP contribution in [0.15, 0.2) is 224 Å². The van der Waals surface area contributed by atoms with E-state index in [9.17, 15) is 0 Å². The van der Waals surface area contributed by atoms with Gasteiger partial charge in [0.2, 0.25) is 0 Å². The molecule has 0 atom stereocenters. The van der Waals surface area contributed by atoms with Gasteiger partial charge in [-0.2, -0.15) is 0 Å². The third-order valence-electron chi connectivity index (χ3n) is 16.9. The van der Waals surface area contributed by atoms with E-state index in [1.807, 2.05) is 0 Å². The van der Waals surface area contributed by atoms with Crippen LogP contribution in [0.2, 0.25) is 0 Å². The van der Waals surface area contributed by atoms with Crippen LogP contribution in [0.5, 0.6) is 0 Å². The number of hydrogen-bond acceptors (Lipinski definition) is 1. The summed E-state index contributed by atoms with van der Waals surface area (Å²) < 4.78 is 0. The van der Waals surface area contributed by atoms with Crippen molar-refractivity contribution in [1.82, 2.24) is 0 Å². The van der Waals surface area contributed by atoms with Crippen LogP contribution in [-0.4, -0.2) is 0 Å². The summed E-state index contributed by atoms with van der Waals surface area (Å²) in [6.07, 6.45) is 4.29. The Morgan fingerprint density at radius 3 is 1.44 bits per heavy atom. The largest absolute Gasteiger partial charge is 0.310 e. The van der Waals surface area contributed by atoms with Gasteiger partial charge in [-0.3, -0.25) is 0 Å². The summed E-state index contributed by atoms with van der Waals surface area (Å²) in [6.45, 7) is 4.78. The fourth-order valence-electron chi connectivity index (χ4n) is 13.7. The van der Waals surface area contributed by atoms with Gasteiger partial charge in [0.1, 0.15) is 0 Å². The molecule has 0 unspecified atom stereocenters. The second kappa shape index (κ2) is 14.6. The first-order valence-corrected chi connectivity index (χ1v) is 24.6. The summed E-state index contributed by atoms with van der Waals surface area (Å²) in [5.74, 6) is 0. The Bertz CT molecular complexity index is 3670. The third-order valence-corrected chi connectivity index (χ3v) is 16.9. The lowest BCUT2D eigenvalue weighted by Crippen LogP contribution is -2.39. The van der Waals surface area contributed by atoms with Crippen molar-refractivity contribution in [2.24, 2.45) is 0 Å². The fourth-order valence-corrected chi connectivity index (χ4v) is 13.7. The molecular weight excluding hydrogens is 819 g/mol. The number of rotatable bonds is 5. The molecule has 1 heteroatoms. The van der Waals surface area contributed by atoms with Gasteiger partial charge in [0.05, 0.1) is 5.69 Å². The van der Waals surface area contributed by atoms with Gasteiger partial charge in [-0.25, -0.2) is 0 Å². The summed E-state index contributed by atoms with van der Waals surface area (Å²) in [5.41, 5.74) is 25.3. The van der Waals surface area contributed by atoms with E-state index in [4.69, 9.17) is 0 Å². The average molecular weight is 870 g/mol. The Hall–Kier alpha value is -7.74. The van der Waals surface area contributed by atoms with E-state index in [2.05, 4.69) is 243 Å². The molecule has 10 aromatic carbocycles. The molecule has 68 heavy (non-hydrogen) atoms. The minimum absolute atomic E-state index is 0.0669. The van der Waals surface area contributed by atoms with Crippen LogP contribution >= 0.6 is 0 Å². The van der Waals surface area contributed by atoms with Crippen molar-refractivity contribution in [1.29, 1.82) is 0 Å². The SMILES string of the molecule is CC1(C)c2ccccc2-c2ccc(N(c3ccc4c(c3)C3(CCC5(CC3)c3ccccc3-c3ccc(-c6cccc7ccccc67)cc35)c3ccccc3-4)c3ccccc3-c3ccccc3)cc21. The Morgan fingerprint density at radius 2 is 0.765 bits per heavy atom. The van der Waals surface area contributed by atoms with Crippen LogP contribution in [-0.2, 0) is 16.2 Å². The van der Waals surface area contributed by atoms with E-state index in [1.165, 1.54) is 117 Å². The normalized spacial score (nSPS) is 18.7. The predicted molar refractivity (Wildman–Crippen MR) is 284 cm³/mol. The highest BCUT2D eigenvalue weighted by atomic mass is 15.1. The zero-order chi connectivity index (χ0) is 45.2. The minimum atomic E-state index is -0.124. The van der Waals surface area contributed by atoms with Crippen molar-refractivity contribution in [2.75, 3.05) is 4.90 Å². The lowest BCUT2D eigenvalue weighted by atomic mass is 9.57. The Balaban J connectivity index is 0.922. The molecule has 0 N–H and O–H groups in total. The molecule has 0 radical (unpaired) electrons. The number of benzene rings is 10. The summed E-state index contributed by atoms with van der Waals surface area (Å²) >= 11 is 0. The van der Waals surface area contributed by atoms with Gasteiger partial charge in [-0.1, -0.05) is 202 Å². The lowest BCUT2D eigenvalue weighted by molar-refractivity contribution is 0.265. The van der Waals surface area contributed by atoms with Gasteiger partial charge >= 0.3 is 0 Å². The molecular formula is C67H51N. The van der Waals surface area contributed by atoms with Crippen LogP contribution in [0, 0.1) is 0 Å². The van der Waals surface area contributed by atoms with Crippen LogP contribution in [0.3, 0.4) is 0 Å². The summed E-state index contributed by atoms with van der Waals surface area (Å²) in [5, 5.41) is 2.60. The molecule has 14 rings (SSSR count). The average Bonchev–Trinajstić information content (AvgIpc) is 3.92.